The molecule has 5 heteroatoms. The molecular formula is C34H28N3OPt-. The summed E-state index contributed by atoms with van der Waals surface area (Å²) in [4.78, 5) is 9.57. The van der Waals surface area contributed by atoms with Crippen LogP contribution in [0, 0.1) is 6.07 Å². The maximum Gasteiger partial charge on any atom is 0.143 e. The van der Waals surface area contributed by atoms with Crippen LogP contribution in [0.5, 0.6) is 5.75 Å². The number of rotatable bonds is 5. The molecule has 4 nitrogen and oxygen atoms in total. The molecule has 0 amide bonds. The molecule has 0 fully saturated rings. The van der Waals surface area contributed by atoms with Crippen molar-refractivity contribution in [3.05, 3.63) is 127 Å². The SMILES string of the molecule is Cn1c(-c2cccc(C(C)(C)c3ccccc3)c2O)nc2c(-c3[c-]c(-c4ccccn4)ccc3)cccc21.[Pt]. The first-order valence-electron chi connectivity index (χ1n) is 12.7. The molecule has 2 aromatic heterocycles. The van der Waals surface area contributed by atoms with Crippen LogP contribution in [0.15, 0.2) is 109 Å². The molecule has 0 aliphatic rings. The Hall–Kier alpha value is -4.01. The average Bonchev–Trinajstić information content (AvgIpc) is 3.30. The van der Waals surface area contributed by atoms with E-state index in [1.165, 1.54) is 0 Å². The maximum atomic E-state index is 11.6. The van der Waals surface area contributed by atoms with Crippen molar-refractivity contribution in [3.63, 3.8) is 0 Å². The van der Waals surface area contributed by atoms with Crippen LogP contribution in [-0.4, -0.2) is 19.6 Å². The second-order valence-electron chi connectivity index (χ2n) is 10.1. The van der Waals surface area contributed by atoms with Crippen LogP contribution < -0.4 is 0 Å². The standard InChI is InChI=1S/C34H28N3O.Pt/c1-34(2,25-14-5-4-6-15-25)28-18-10-17-27(32(28)38)33-36-31-26(16-11-20-30(31)37(33)3)23-12-9-13-24(22-23)29-19-7-8-21-35-29;/h4-21,38H,1-3H3;/q-1;. The number of phenols is 1. The number of para-hydroxylation sites is 2. The third kappa shape index (κ3) is 4.70. The van der Waals surface area contributed by atoms with E-state index in [-0.39, 0.29) is 32.2 Å². The van der Waals surface area contributed by atoms with Gasteiger partial charge in [0.1, 0.15) is 11.6 Å². The Morgan fingerprint density at radius 1 is 0.744 bits per heavy atom. The fraction of sp³-hybridized carbons (Fsp3) is 0.118. The second-order valence-corrected chi connectivity index (χ2v) is 10.1. The summed E-state index contributed by atoms with van der Waals surface area (Å²) in [5.74, 6) is 0.974. The van der Waals surface area contributed by atoms with Crippen molar-refractivity contribution in [2.45, 2.75) is 19.3 Å². The third-order valence-electron chi connectivity index (χ3n) is 7.38. The van der Waals surface area contributed by atoms with Gasteiger partial charge in [0.2, 0.25) is 0 Å². The van der Waals surface area contributed by atoms with Crippen LogP contribution in [0.4, 0.5) is 0 Å². The van der Waals surface area contributed by atoms with Gasteiger partial charge in [0, 0.05) is 51.0 Å². The van der Waals surface area contributed by atoms with Crippen molar-refractivity contribution >= 4 is 11.0 Å². The predicted molar refractivity (Wildman–Crippen MR) is 154 cm³/mol. The van der Waals surface area contributed by atoms with Crippen molar-refractivity contribution in [2.75, 3.05) is 0 Å². The topological polar surface area (TPSA) is 50.9 Å². The third-order valence-corrected chi connectivity index (χ3v) is 7.38. The number of hydrogen-bond acceptors (Lipinski definition) is 3. The van der Waals surface area contributed by atoms with E-state index < -0.39 is 0 Å². The number of nitrogens with zero attached hydrogens (tertiary/aromatic N) is 3. The normalized spacial score (nSPS) is 11.4. The molecule has 6 rings (SSSR count). The number of pyridine rings is 1. The van der Waals surface area contributed by atoms with Gasteiger partial charge in [-0.25, -0.2) is 4.98 Å². The summed E-state index contributed by atoms with van der Waals surface area (Å²) in [6.07, 6.45) is 1.79. The van der Waals surface area contributed by atoms with E-state index in [0.29, 0.717) is 5.56 Å². The molecule has 0 aliphatic carbocycles. The Morgan fingerprint density at radius 3 is 2.21 bits per heavy atom. The van der Waals surface area contributed by atoms with Gasteiger partial charge in [0.05, 0.1) is 16.6 Å². The Bertz CT molecular complexity index is 1760. The number of hydrogen-bond donors (Lipinski definition) is 1. The number of benzene rings is 4. The van der Waals surface area contributed by atoms with Gasteiger partial charge in [-0.1, -0.05) is 91.7 Å². The van der Waals surface area contributed by atoms with Gasteiger partial charge in [0.25, 0.3) is 0 Å². The van der Waals surface area contributed by atoms with Crippen LogP contribution in [0.25, 0.3) is 44.8 Å². The first-order valence-corrected chi connectivity index (χ1v) is 12.7. The molecule has 196 valence electrons. The molecule has 0 bridgehead atoms. The summed E-state index contributed by atoms with van der Waals surface area (Å²) < 4.78 is 2.05. The smallest absolute Gasteiger partial charge is 0.143 e. The molecule has 0 atom stereocenters. The minimum atomic E-state index is -0.377. The minimum Gasteiger partial charge on any atom is -0.507 e. The van der Waals surface area contributed by atoms with Crippen molar-refractivity contribution in [3.8, 4) is 39.5 Å². The Morgan fingerprint density at radius 2 is 1.44 bits per heavy atom. The summed E-state index contributed by atoms with van der Waals surface area (Å²) in [7, 11) is 2.00. The average molecular weight is 690 g/mol. The van der Waals surface area contributed by atoms with E-state index in [1.54, 1.807) is 6.20 Å². The number of aromatic hydroxyl groups is 1. The van der Waals surface area contributed by atoms with Crippen molar-refractivity contribution in [2.24, 2.45) is 7.05 Å². The van der Waals surface area contributed by atoms with Crippen LogP contribution in [0.2, 0.25) is 0 Å². The van der Waals surface area contributed by atoms with Crippen molar-refractivity contribution in [1.29, 1.82) is 0 Å². The van der Waals surface area contributed by atoms with E-state index in [9.17, 15) is 5.11 Å². The zero-order valence-electron chi connectivity index (χ0n) is 22.0. The van der Waals surface area contributed by atoms with E-state index in [2.05, 4.69) is 59.8 Å². The summed E-state index contributed by atoms with van der Waals surface area (Å²) in [6, 6.07) is 37.9. The quantitative estimate of drug-likeness (QED) is 0.188. The van der Waals surface area contributed by atoms with Gasteiger partial charge in [-0.3, -0.25) is 4.98 Å². The van der Waals surface area contributed by atoms with Gasteiger partial charge in [-0.05, 0) is 23.8 Å². The van der Waals surface area contributed by atoms with E-state index in [0.717, 1.165) is 50.4 Å². The van der Waals surface area contributed by atoms with Gasteiger partial charge in [-0.15, -0.1) is 29.8 Å². The zero-order chi connectivity index (χ0) is 26.3. The van der Waals surface area contributed by atoms with Crippen LogP contribution >= 0.6 is 0 Å². The van der Waals surface area contributed by atoms with Gasteiger partial charge >= 0.3 is 0 Å². The van der Waals surface area contributed by atoms with Crippen molar-refractivity contribution in [1.82, 2.24) is 14.5 Å². The molecule has 4 aromatic carbocycles. The predicted octanol–water partition coefficient (Wildman–Crippen LogP) is 7.80. The molecule has 0 saturated carbocycles. The number of aryl methyl sites for hydroxylation is 1. The fourth-order valence-corrected chi connectivity index (χ4v) is 5.21. The first kappa shape index (κ1) is 26.6. The fourth-order valence-electron chi connectivity index (χ4n) is 5.21. The molecular weight excluding hydrogens is 661 g/mol. The molecule has 39 heavy (non-hydrogen) atoms. The minimum absolute atomic E-state index is 0. The van der Waals surface area contributed by atoms with Crippen LogP contribution in [-0.2, 0) is 33.5 Å². The van der Waals surface area contributed by atoms with Crippen LogP contribution in [0.3, 0.4) is 0 Å². The summed E-state index contributed by atoms with van der Waals surface area (Å²) in [5.41, 5.74) is 7.95. The molecule has 0 aliphatic heterocycles. The number of fused-ring (bicyclic) bond motifs is 1. The van der Waals surface area contributed by atoms with E-state index in [1.807, 2.05) is 79.8 Å². The molecule has 6 aromatic rings. The molecule has 0 saturated heterocycles. The van der Waals surface area contributed by atoms with E-state index in [4.69, 9.17) is 4.98 Å². The first-order chi connectivity index (χ1) is 18.4. The largest absolute Gasteiger partial charge is 0.507 e. The monoisotopic (exact) mass is 689 g/mol. The summed E-state index contributed by atoms with van der Waals surface area (Å²) in [5, 5.41) is 11.6. The molecule has 1 N–H and O–H groups in total. The summed E-state index contributed by atoms with van der Waals surface area (Å²) in [6.45, 7) is 4.28. The number of aromatic nitrogens is 3. The van der Waals surface area contributed by atoms with Gasteiger partial charge in [-0.2, -0.15) is 0 Å². The Labute approximate surface area is 243 Å². The molecule has 0 radical (unpaired) electrons. The Kier molecular flexibility index (Phi) is 7.25. The molecule has 0 unspecified atom stereocenters. The van der Waals surface area contributed by atoms with E-state index >= 15 is 0 Å². The van der Waals surface area contributed by atoms with Gasteiger partial charge in [0.15, 0.2) is 0 Å². The van der Waals surface area contributed by atoms with Crippen LogP contribution in [0.1, 0.15) is 25.0 Å². The zero-order valence-corrected chi connectivity index (χ0v) is 24.3. The molecule has 0 spiro atoms. The Balaban J connectivity index is 0.00000308. The number of phenolic OH excluding ortho intramolecular Hbond substituents is 1. The maximum absolute atomic E-state index is 11.6. The van der Waals surface area contributed by atoms with Gasteiger partial charge < -0.3 is 9.67 Å². The summed E-state index contributed by atoms with van der Waals surface area (Å²) >= 11 is 0. The number of imidazole rings is 1. The second kappa shape index (κ2) is 10.6. The van der Waals surface area contributed by atoms with Crippen molar-refractivity contribution < 1.29 is 26.2 Å². The molecule has 2 heterocycles.